The molecular formula is C16H22O3. The molecule has 0 heterocycles. The zero-order valence-electron chi connectivity index (χ0n) is 11.7. The zero-order chi connectivity index (χ0) is 14.1. The standard InChI is InChI=1S/C16H22O3/c1-4-15(14-9-6-5-7-10-14)18-11-8-12-19-16(17)13(2)3/h5-7,9-10,15H,2,4,8,11-12H2,1,3H3. The van der Waals surface area contributed by atoms with Crippen molar-refractivity contribution in [2.45, 2.75) is 32.8 Å². The normalized spacial score (nSPS) is 11.9. The molecular weight excluding hydrogens is 240 g/mol. The van der Waals surface area contributed by atoms with E-state index in [1.807, 2.05) is 18.2 Å². The molecule has 0 aliphatic heterocycles. The molecule has 19 heavy (non-hydrogen) atoms. The summed E-state index contributed by atoms with van der Waals surface area (Å²) in [5.74, 6) is -0.338. The van der Waals surface area contributed by atoms with Crippen molar-refractivity contribution in [2.75, 3.05) is 13.2 Å². The van der Waals surface area contributed by atoms with Crippen LogP contribution in [0.15, 0.2) is 42.5 Å². The summed E-state index contributed by atoms with van der Waals surface area (Å²) < 4.78 is 10.8. The monoisotopic (exact) mass is 262 g/mol. The average molecular weight is 262 g/mol. The van der Waals surface area contributed by atoms with Crippen LogP contribution in [0.2, 0.25) is 0 Å². The molecule has 0 fully saturated rings. The van der Waals surface area contributed by atoms with E-state index in [0.29, 0.717) is 25.2 Å². The van der Waals surface area contributed by atoms with Gasteiger partial charge < -0.3 is 9.47 Å². The fourth-order valence-corrected chi connectivity index (χ4v) is 1.69. The molecule has 0 N–H and O–H groups in total. The Morgan fingerprint density at radius 2 is 1.95 bits per heavy atom. The summed E-state index contributed by atoms with van der Waals surface area (Å²) in [5.41, 5.74) is 1.61. The van der Waals surface area contributed by atoms with Crippen LogP contribution in [0.1, 0.15) is 38.4 Å². The number of hydrogen-bond acceptors (Lipinski definition) is 3. The van der Waals surface area contributed by atoms with Crippen molar-refractivity contribution < 1.29 is 14.3 Å². The van der Waals surface area contributed by atoms with Gasteiger partial charge in [0.15, 0.2) is 0 Å². The molecule has 0 aliphatic carbocycles. The van der Waals surface area contributed by atoms with Crippen LogP contribution < -0.4 is 0 Å². The maximum absolute atomic E-state index is 11.2. The number of esters is 1. The van der Waals surface area contributed by atoms with E-state index in [0.717, 1.165) is 6.42 Å². The second-order valence-electron chi connectivity index (χ2n) is 4.45. The molecule has 0 saturated heterocycles. The van der Waals surface area contributed by atoms with Crippen molar-refractivity contribution in [2.24, 2.45) is 0 Å². The molecule has 3 nitrogen and oxygen atoms in total. The Kier molecular flexibility index (Phi) is 6.90. The van der Waals surface area contributed by atoms with E-state index in [9.17, 15) is 4.79 Å². The highest BCUT2D eigenvalue weighted by Gasteiger charge is 2.09. The van der Waals surface area contributed by atoms with Crippen LogP contribution in [0.5, 0.6) is 0 Å². The van der Waals surface area contributed by atoms with Crippen LogP contribution in [0, 0.1) is 0 Å². The SMILES string of the molecule is C=C(C)C(=O)OCCCOC(CC)c1ccccc1. The second-order valence-corrected chi connectivity index (χ2v) is 4.45. The summed E-state index contributed by atoms with van der Waals surface area (Å²) in [6, 6.07) is 10.1. The topological polar surface area (TPSA) is 35.5 Å². The summed E-state index contributed by atoms with van der Waals surface area (Å²) >= 11 is 0. The Bertz CT molecular complexity index is 398. The summed E-state index contributed by atoms with van der Waals surface area (Å²) in [4.78, 5) is 11.2. The van der Waals surface area contributed by atoms with Crippen molar-refractivity contribution in [3.05, 3.63) is 48.0 Å². The molecule has 1 rings (SSSR count). The maximum Gasteiger partial charge on any atom is 0.333 e. The molecule has 1 unspecified atom stereocenters. The van der Waals surface area contributed by atoms with Gasteiger partial charge in [0.25, 0.3) is 0 Å². The Morgan fingerprint density at radius 1 is 1.26 bits per heavy atom. The van der Waals surface area contributed by atoms with Crippen LogP contribution in [0.4, 0.5) is 0 Å². The van der Waals surface area contributed by atoms with E-state index in [4.69, 9.17) is 9.47 Å². The van der Waals surface area contributed by atoms with Gasteiger partial charge in [-0.05, 0) is 18.9 Å². The molecule has 0 bridgehead atoms. The van der Waals surface area contributed by atoms with Gasteiger partial charge in [-0.25, -0.2) is 4.79 Å². The lowest BCUT2D eigenvalue weighted by Gasteiger charge is -2.16. The van der Waals surface area contributed by atoms with Gasteiger partial charge in [-0.15, -0.1) is 0 Å². The molecule has 0 amide bonds. The van der Waals surface area contributed by atoms with Crippen molar-refractivity contribution in [3.63, 3.8) is 0 Å². The fourth-order valence-electron chi connectivity index (χ4n) is 1.69. The molecule has 1 aromatic carbocycles. The highest BCUT2D eigenvalue weighted by Crippen LogP contribution is 2.20. The first kappa shape index (κ1) is 15.4. The van der Waals surface area contributed by atoms with Gasteiger partial charge in [0, 0.05) is 12.0 Å². The first-order valence-corrected chi connectivity index (χ1v) is 6.64. The summed E-state index contributed by atoms with van der Waals surface area (Å²) in [6.07, 6.45) is 1.73. The number of benzene rings is 1. The van der Waals surface area contributed by atoms with Crippen LogP contribution in [-0.4, -0.2) is 19.2 Å². The van der Waals surface area contributed by atoms with Crippen molar-refractivity contribution in [1.29, 1.82) is 0 Å². The maximum atomic E-state index is 11.2. The van der Waals surface area contributed by atoms with E-state index in [1.54, 1.807) is 6.92 Å². The lowest BCUT2D eigenvalue weighted by atomic mass is 10.1. The van der Waals surface area contributed by atoms with Crippen LogP contribution >= 0.6 is 0 Å². The third-order valence-electron chi connectivity index (χ3n) is 2.73. The number of hydrogen-bond donors (Lipinski definition) is 0. The van der Waals surface area contributed by atoms with Crippen LogP contribution in [-0.2, 0) is 14.3 Å². The van der Waals surface area contributed by atoms with E-state index in [-0.39, 0.29) is 12.1 Å². The quantitative estimate of drug-likeness (QED) is 0.407. The van der Waals surface area contributed by atoms with Gasteiger partial charge in [-0.1, -0.05) is 43.8 Å². The van der Waals surface area contributed by atoms with Crippen LogP contribution in [0.25, 0.3) is 0 Å². The predicted molar refractivity (Wildman–Crippen MR) is 75.8 cm³/mol. The first-order chi connectivity index (χ1) is 9.15. The molecule has 0 radical (unpaired) electrons. The zero-order valence-corrected chi connectivity index (χ0v) is 11.7. The van der Waals surface area contributed by atoms with E-state index < -0.39 is 0 Å². The first-order valence-electron chi connectivity index (χ1n) is 6.64. The Balaban J connectivity index is 2.24. The molecule has 0 aliphatic rings. The molecule has 1 aromatic rings. The van der Waals surface area contributed by atoms with Crippen molar-refractivity contribution in [3.8, 4) is 0 Å². The minimum atomic E-state index is -0.338. The molecule has 0 spiro atoms. The molecule has 1 atom stereocenters. The summed E-state index contributed by atoms with van der Waals surface area (Å²) in [7, 11) is 0. The molecule has 0 aromatic heterocycles. The Labute approximate surface area is 115 Å². The van der Waals surface area contributed by atoms with Gasteiger partial charge >= 0.3 is 5.97 Å². The largest absolute Gasteiger partial charge is 0.462 e. The second kappa shape index (κ2) is 8.48. The summed E-state index contributed by atoms with van der Waals surface area (Å²) in [5, 5.41) is 0. The van der Waals surface area contributed by atoms with Gasteiger partial charge in [0.2, 0.25) is 0 Å². The third-order valence-corrected chi connectivity index (χ3v) is 2.73. The Hall–Kier alpha value is -1.61. The van der Waals surface area contributed by atoms with Crippen molar-refractivity contribution in [1.82, 2.24) is 0 Å². The molecule has 104 valence electrons. The number of carbonyl (C=O) groups excluding carboxylic acids is 1. The lowest BCUT2D eigenvalue weighted by Crippen LogP contribution is -2.10. The van der Waals surface area contributed by atoms with Gasteiger partial charge in [0.1, 0.15) is 0 Å². The lowest BCUT2D eigenvalue weighted by molar-refractivity contribution is -0.139. The van der Waals surface area contributed by atoms with E-state index in [1.165, 1.54) is 5.56 Å². The predicted octanol–water partition coefficient (Wildman–Crippen LogP) is 3.66. The smallest absolute Gasteiger partial charge is 0.333 e. The fraction of sp³-hybridized carbons (Fsp3) is 0.438. The Morgan fingerprint density at radius 3 is 2.53 bits per heavy atom. The van der Waals surface area contributed by atoms with Crippen LogP contribution in [0.3, 0.4) is 0 Å². The molecule has 3 heteroatoms. The minimum Gasteiger partial charge on any atom is -0.462 e. The number of carbonyl (C=O) groups is 1. The van der Waals surface area contributed by atoms with E-state index >= 15 is 0 Å². The van der Waals surface area contributed by atoms with Gasteiger partial charge in [-0.2, -0.15) is 0 Å². The average Bonchev–Trinajstić information content (AvgIpc) is 2.43. The highest BCUT2D eigenvalue weighted by molar-refractivity contribution is 5.86. The number of ether oxygens (including phenoxy) is 2. The van der Waals surface area contributed by atoms with Crippen molar-refractivity contribution >= 4 is 5.97 Å². The number of rotatable bonds is 8. The summed E-state index contributed by atoms with van der Waals surface area (Å²) in [6.45, 7) is 8.22. The third kappa shape index (κ3) is 5.71. The van der Waals surface area contributed by atoms with Gasteiger partial charge in [-0.3, -0.25) is 0 Å². The highest BCUT2D eigenvalue weighted by atomic mass is 16.5. The molecule has 0 saturated carbocycles. The van der Waals surface area contributed by atoms with E-state index in [2.05, 4.69) is 25.6 Å². The minimum absolute atomic E-state index is 0.109. The van der Waals surface area contributed by atoms with Gasteiger partial charge in [0.05, 0.1) is 19.3 Å².